The van der Waals surface area contributed by atoms with Crippen LogP contribution in [-0.2, 0) is 22.9 Å². The van der Waals surface area contributed by atoms with Gasteiger partial charge in [0.15, 0.2) is 9.84 Å². The normalized spacial score (nSPS) is 24.3. The van der Waals surface area contributed by atoms with Crippen molar-refractivity contribution in [3.63, 3.8) is 0 Å². The number of hydrogen-bond acceptors (Lipinski definition) is 6. The van der Waals surface area contributed by atoms with E-state index in [4.69, 9.17) is 4.42 Å². The van der Waals surface area contributed by atoms with Crippen LogP contribution in [0.1, 0.15) is 24.2 Å². The maximum absolute atomic E-state index is 11.9. The lowest BCUT2D eigenvalue weighted by molar-refractivity contribution is 0.239. The molecule has 5 nitrogen and oxygen atoms in total. The van der Waals surface area contributed by atoms with E-state index < -0.39 is 15.2 Å². The summed E-state index contributed by atoms with van der Waals surface area (Å²) in [6, 6.07) is 2.64. The highest BCUT2D eigenvalue weighted by Crippen LogP contribution is 2.25. The fourth-order valence-electron chi connectivity index (χ4n) is 2.58. The van der Waals surface area contributed by atoms with Gasteiger partial charge in [-0.25, -0.2) is 8.42 Å². The van der Waals surface area contributed by atoms with Gasteiger partial charge in [0.25, 0.3) is 0 Å². The van der Waals surface area contributed by atoms with Crippen molar-refractivity contribution in [3.05, 3.63) is 23.7 Å². The SMILES string of the molecule is CS(=O)(=O)C1CSCCN1Cc1occc1CNC1CC1. The molecule has 0 amide bonds. The van der Waals surface area contributed by atoms with Gasteiger partial charge in [0.1, 0.15) is 11.1 Å². The summed E-state index contributed by atoms with van der Waals surface area (Å²) in [5, 5.41) is 3.08. The summed E-state index contributed by atoms with van der Waals surface area (Å²) in [6.45, 7) is 2.17. The first-order valence-corrected chi connectivity index (χ1v) is 10.4. The van der Waals surface area contributed by atoms with Crippen LogP contribution in [0.15, 0.2) is 16.7 Å². The Morgan fingerprint density at radius 3 is 3.00 bits per heavy atom. The minimum atomic E-state index is -3.06. The molecular weight excluding hydrogens is 308 g/mol. The third-order valence-electron chi connectivity index (χ3n) is 4.03. The Kier molecular flexibility index (Phi) is 4.63. The monoisotopic (exact) mass is 330 g/mol. The number of nitrogens with one attached hydrogen (secondary N) is 1. The number of nitrogens with zero attached hydrogens (tertiary/aromatic N) is 1. The molecule has 7 heteroatoms. The molecule has 0 spiro atoms. The summed E-state index contributed by atoms with van der Waals surface area (Å²) in [6.07, 6.45) is 5.54. The number of rotatable bonds is 6. The van der Waals surface area contributed by atoms with Crippen molar-refractivity contribution in [2.24, 2.45) is 0 Å². The molecule has 1 aromatic rings. The van der Waals surface area contributed by atoms with Crippen molar-refractivity contribution in [1.82, 2.24) is 10.2 Å². The minimum Gasteiger partial charge on any atom is -0.468 e. The molecule has 1 unspecified atom stereocenters. The standard InChI is InChI=1S/C14H22N2O3S2/c1-21(17,18)14-10-20-7-5-16(14)9-13-11(4-6-19-13)8-15-12-2-3-12/h4,6,12,14-15H,2-3,5,7-10H2,1H3. The van der Waals surface area contributed by atoms with E-state index in [-0.39, 0.29) is 0 Å². The fraction of sp³-hybridized carbons (Fsp3) is 0.714. The van der Waals surface area contributed by atoms with Gasteiger partial charge in [-0.1, -0.05) is 0 Å². The van der Waals surface area contributed by atoms with E-state index in [0.717, 1.165) is 30.2 Å². The lowest BCUT2D eigenvalue weighted by Crippen LogP contribution is -2.46. The molecule has 1 aliphatic carbocycles. The Morgan fingerprint density at radius 2 is 2.29 bits per heavy atom. The lowest BCUT2D eigenvalue weighted by Gasteiger charge is -2.33. The second-order valence-corrected chi connectivity index (χ2v) is 9.21. The largest absolute Gasteiger partial charge is 0.468 e. The summed E-state index contributed by atoms with van der Waals surface area (Å²) in [4.78, 5) is 2.03. The molecule has 118 valence electrons. The van der Waals surface area contributed by atoms with Crippen LogP contribution in [0.2, 0.25) is 0 Å². The van der Waals surface area contributed by atoms with Crippen LogP contribution >= 0.6 is 11.8 Å². The summed E-state index contributed by atoms with van der Waals surface area (Å²) in [7, 11) is -3.06. The Labute approximate surface area is 130 Å². The smallest absolute Gasteiger partial charge is 0.164 e. The van der Waals surface area contributed by atoms with Gasteiger partial charge in [-0.2, -0.15) is 11.8 Å². The first kappa shape index (κ1) is 15.4. The average Bonchev–Trinajstić information content (AvgIpc) is 3.16. The van der Waals surface area contributed by atoms with Crippen LogP contribution in [0.3, 0.4) is 0 Å². The van der Waals surface area contributed by atoms with Crippen LogP contribution in [-0.4, -0.2) is 49.0 Å². The third-order valence-corrected chi connectivity index (χ3v) is 6.71. The van der Waals surface area contributed by atoms with Crippen molar-refractivity contribution in [2.45, 2.75) is 37.3 Å². The summed E-state index contributed by atoms with van der Waals surface area (Å²) >= 11 is 1.71. The van der Waals surface area contributed by atoms with E-state index in [2.05, 4.69) is 5.32 Å². The van der Waals surface area contributed by atoms with Gasteiger partial charge >= 0.3 is 0 Å². The molecule has 21 heavy (non-hydrogen) atoms. The molecule has 1 saturated heterocycles. The summed E-state index contributed by atoms with van der Waals surface area (Å²) in [5.74, 6) is 2.51. The van der Waals surface area contributed by atoms with Crippen molar-refractivity contribution in [1.29, 1.82) is 0 Å². The van der Waals surface area contributed by atoms with Gasteiger partial charge in [-0.15, -0.1) is 0 Å². The molecule has 0 bridgehead atoms. The molecule has 1 atom stereocenters. The predicted octanol–water partition coefficient (Wildman–Crippen LogP) is 1.45. The Bertz CT molecular complexity index is 581. The van der Waals surface area contributed by atoms with E-state index in [9.17, 15) is 8.42 Å². The summed E-state index contributed by atoms with van der Waals surface area (Å²) < 4.78 is 29.5. The van der Waals surface area contributed by atoms with Crippen LogP contribution in [0.5, 0.6) is 0 Å². The van der Waals surface area contributed by atoms with Crippen LogP contribution in [0, 0.1) is 0 Å². The lowest BCUT2D eigenvalue weighted by atomic mass is 10.2. The molecule has 1 aliphatic heterocycles. The molecule has 2 aliphatic rings. The van der Waals surface area contributed by atoms with Crippen molar-refractivity contribution >= 4 is 21.6 Å². The highest BCUT2D eigenvalue weighted by Gasteiger charge is 2.32. The first-order chi connectivity index (χ1) is 10.0. The molecule has 0 radical (unpaired) electrons. The van der Waals surface area contributed by atoms with Gasteiger partial charge in [0, 0.05) is 42.5 Å². The quantitative estimate of drug-likeness (QED) is 0.852. The second kappa shape index (κ2) is 6.32. The number of hydrogen-bond donors (Lipinski definition) is 1. The molecule has 3 rings (SSSR count). The van der Waals surface area contributed by atoms with Crippen LogP contribution in [0.25, 0.3) is 0 Å². The number of thioether (sulfide) groups is 1. The summed E-state index contributed by atoms with van der Waals surface area (Å²) in [5.41, 5.74) is 1.15. The van der Waals surface area contributed by atoms with E-state index in [0.29, 0.717) is 18.3 Å². The zero-order valence-electron chi connectivity index (χ0n) is 12.2. The minimum absolute atomic E-state index is 0.398. The maximum Gasteiger partial charge on any atom is 0.164 e. The maximum atomic E-state index is 11.9. The topological polar surface area (TPSA) is 62.6 Å². The fourth-order valence-corrected chi connectivity index (χ4v) is 5.52. The van der Waals surface area contributed by atoms with Gasteiger partial charge in [-0.3, -0.25) is 4.90 Å². The molecule has 1 aromatic heterocycles. The Morgan fingerprint density at radius 1 is 1.48 bits per heavy atom. The average molecular weight is 330 g/mol. The molecule has 2 heterocycles. The van der Waals surface area contributed by atoms with E-state index >= 15 is 0 Å². The predicted molar refractivity (Wildman–Crippen MR) is 84.9 cm³/mol. The number of sulfone groups is 1. The van der Waals surface area contributed by atoms with Gasteiger partial charge in [0.05, 0.1) is 12.8 Å². The van der Waals surface area contributed by atoms with Crippen LogP contribution < -0.4 is 5.32 Å². The molecule has 0 aromatic carbocycles. The van der Waals surface area contributed by atoms with Crippen molar-refractivity contribution < 1.29 is 12.8 Å². The first-order valence-electron chi connectivity index (χ1n) is 7.33. The number of furan rings is 1. The van der Waals surface area contributed by atoms with E-state index in [1.54, 1.807) is 18.0 Å². The van der Waals surface area contributed by atoms with Crippen molar-refractivity contribution in [3.8, 4) is 0 Å². The molecule has 1 N–H and O–H groups in total. The zero-order valence-corrected chi connectivity index (χ0v) is 13.9. The van der Waals surface area contributed by atoms with Gasteiger partial charge < -0.3 is 9.73 Å². The van der Waals surface area contributed by atoms with E-state index in [1.807, 2.05) is 11.0 Å². The Balaban J connectivity index is 1.67. The third kappa shape index (κ3) is 4.03. The molecular formula is C14H22N2O3S2. The molecule has 1 saturated carbocycles. The highest BCUT2D eigenvalue weighted by atomic mass is 32.2. The van der Waals surface area contributed by atoms with Gasteiger partial charge in [0.2, 0.25) is 0 Å². The van der Waals surface area contributed by atoms with Crippen molar-refractivity contribution in [2.75, 3.05) is 24.3 Å². The highest BCUT2D eigenvalue weighted by molar-refractivity contribution is 8.00. The second-order valence-electron chi connectivity index (χ2n) is 5.85. The van der Waals surface area contributed by atoms with Crippen LogP contribution in [0.4, 0.5) is 0 Å². The molecule has 2 fully saturated rings. The van der Waals surface area contributed by atoms with Gasteiger partial charge in [-0.05, 0) is 18.9 Å². The van der Waals surface area contributed by atoms with E-state index in [1.165, 1.54) is 19.1 Å². The zero-order chi connectivity index (χ0) is 14.9. The Hall–Kier alpha value is -0.500.